The Morgan fingerprint density at radius 3 is 2.67 bits per heavy atom. The molecule has 0 bridgehead atoms. The molecule has 15 heavy (non-hydrogen) atoms. The number of nitrogens with zero attached hydrogens (tertiary/aromatic N) is 1. The van der Waals surface area contributed by atoms with E-state index in [1.165, 1.54) is 6.42 Å². The maximum atomic E-state index is 11.1. The van der Waals surface area contributed by atoms with Crippen LogP contribution in [0.1, 0.15) is 39.5 Å². The van der Waals surface area contributed by atoms with Crippen molar-refractivity contribution in [3.8, 4) is 0 Å². The summed E-state index contributed by atoms with van der Waals surface area (Å²) in [5, 5.41) is 9.15. The monoisotopic (exact) mass is 211 g/mol. The van der Waals surface area contributed by atoms with E-state index >= 15 is 0 Å². The van der Waals surface area contributed by atoms with Gasteiger partial charge in [-0.15, -0.1) is 0 Å². The van der Waals surface area contributed by atoms with Crippen LogP contribution in [0, 0.1) is 11.3 Å². The van der Waals surface area contributed by atoms with Gasteiger partial charge in [0.1, 0.15) is 0 Å². The average Bonchev–Trinajstić information content (AvgIpc) is 2.69. The third kappa shape index (κ3) is 2.17. The van der Waals surface area contributed by atoms with E-state index in [0.29, 0.717) is 11.5 Å². The lowest BCUT2D eigenvalue weighted by Gasteiger charge is -2.28. The number of hydrogen-bond acceptors (Lipinski definition) is 2. The summed E-state index contributed by atoms with van der Waals surface area (Å²) in [5.74, 6) is -0.707. The minimum absolute atomic E-state index is 0.112. The van der Waals surface area contributed by atoms with Crippen LogP contribution in [0.15, 0.2) is 0 Å². The van der Waals surface area contributed by atoms with Gasteiger partial charge in [0.25, 0.3) is 0 Å². The molecule has 1 N–H and O–H groups in total. The SMILES string of the molecule is CC1(C)CCN(C2CCCC2C(=O)O)C1. The molecule has 2 rings (SSSR count). The zero-order chi connectivity index (χ0) is 11.1. The average molecular weight is 211 g/mol. The van der Waals surface area contributed by atoms with Crippen molar-refractivity contribution in [2.75, 3.05) is 13.1 Å². The van der Waals surface area contributed by atoms with Gasteiger partial charge in [-0.25, -0.2) is 0 Å². The fourth-order valence-corrected chi connectivity index (χ4v) is 3.10. The Kier molecular flexibility index (Phi) is 2.75. The van der Waals surface area contributed by atoms with E-state index in [-0.39, 0.29) is 5.92 Å². The van der Waals surface area contributed by atoms with Gasteiger partial charge < -0.3 is 5.11 Å². The van der Waals surface area contributed by atoms with Crippen molar-refractivity contribution in [1.29, 1.82) is 0 Å². The van der Waals surface area contributed by atoms with Crippen LogP contribution >= 0.6 is 0 Å². The summed E-state index contributed by atoms with van der Waals surface area (Å²) in [5.41, 5.74) is 0.381. The zero-order valence-corrected chi connectivity index (χ0v) is 9.70. The fraction of sp³-hybridized carbons (Fsp3) is 0.917. The number of carboxylic acids is 1. The van der Waals surface area contributed by atoms with Crippen LogP contribution in [0.4, 0.5) is 0 Å². The number of hydrogen-bond donors (Lipinski definition) is 1. The lowest BCUT2D eigenvalue weighted by Crippen LogP contribution is -2.39. The molecule has 0 aromatic heterocycles. The first kappa shape index (κ1) is 10.9. The molecular formula is C12H21NO2. The first-order chi connectivity index (χ1) is 6.99. The molecular weight excluding hydrogens is 190 g/mol. The predicted molar refractivity (Wildman–Crippen MR) is 58.7 cm³/mol. The topological polar surface area (TPSA) is 40.5 Å². The van der Waals surface area contributed by atoms with Crippen LogP contribution in [-0.4, -0.2) is 35.1 Å². The third-order valence-corrected chi connectivity index (χ3v) is 3.97. The molecule has 86 valence electrons. The van der Waals surface area contributed by atoms with Crippen LogP contribution in [0.5, 0.6) is 0 Å². The Hall–Kier alpha value is -0.570. The van der Waals surface area contributed by atoms with Gasteiger partial charge >= 0.3 is 5.97 Å². The molecule has 0 radical (unpaired) electrons. The lowest BCUT2D eigenvalue weighted by atomic mass is 9.93. The minimum atomic E-state index is -0.595. The van der Waals surface area contributed by atoms with Crippen LogP contribution in [0.3, 0.4) is 0 Å². The molecule has 3 nitrogen and oxygen atoms in total. The molecule has 2 fully saturated rings. The molecule has 1 aliphatic heterocycles. The van der Waals surface area contributed by atoms with Crippen molar-refractivity contribution in [3.05, 3.63) is 0 Å². The van der Waals surface area contributed by atoms with Gasteiger partial charge in [-0.2, -0.15) is 0 Å². The van der Waals surface area contributed by atoms with Gasteiger partial charge in [0.15, 0.2) is 0 Å². The van der Waals surface area contributed by atoms with Gasteiger partial charge in [0.2, 0.25) is 0 Å². The second-order valence-corrected chi connectivity index (χ2v) is 5.83. The summed E-state index contributed by atoms with van der Waals surface area (Å²) in [6.45, 7) is 6.71. The fourth-order valence-electron chi connectivity index (χ4n) is 3.10. The van der Waals surface area contributed by atoms with E-state index in [4.69, 9.17) is 5.11 Å². The van der Waals surface area contributed by atoms with Gasteiger partial charge in [0.05, 0.1) is 5.92 Å². The molecule has 1 saturated heterocycles. The second kappa shape index (κ2) is 3.78. The number of carboxylic acid groups (broad SMARTS) is 1. The first-order valence-electron chi connectivity index (χ1n) is 5.96. The number of carbonyl (C=O) groups is 1. The molecule has 3 heteroatoms. The summed E-state index contributed by atoms with van der Waals surface area (Å²) in [7, 11) is 0. The Morgan fingerprint density at radius 2 is 2.13 bits per heavy atom. The Labute approximate surface area is 91.5 Å². The van der Waals surface area contributed by atoms with Gasteiger partial charge in [0, 0.05) is 12.6 Å². The highest BCUT2D eigenvalue weighted by molar-refractivity contribution is 5.71. The van der Waals surface area contributed by atoms with Gasteiger partial charge in [-0.05, 0) is 31.2 Å². The van der Waals surface area contributed by atoms with Crippen molar-refractivity contribution >= 4 is 5.97 Å². The van der Waals surface area contributed by atoms with Crippen molar-refractivity contribution in [2.45, 2.75) is 45.6 Å². The Balaban J connectivity index is 2.02. The normalized spacial score (nSPS) is 35.9. The second-order valence-electron chi connectivity index (χ2n) is 5.83. The minimum Gasteiger partial charge on any atom is -0.481 e. The largest absolute Gasteiger partial charge is 0.481 e. The summed E-state index contributed by atoms with van der Waals surface area (Å²) < 4.78 is 0. The van der Waals surface area contributed by atoms with E-state index in [2.05, 4.69) is 18.7 Å². The van der Waals surface area contributed by atoms with Crippen molar-refractivity contribution in [1.82, 2.24) is 4.90 Å². The van der Waals surface area contributed by atoms with Crippen molar-refractivity contribution in [3.63, 3.8) is 0 Å². The van der Waals surface area contributed by atoms with Gasteiger partial charge in [-0.1, -0.05) is 20.3 Å². The lowest BCUT2D eigenvalue weighted by molar-refractivity contribution is -0.143. The molecule has 2 atom stereocenters. The number of likely N-dealkylation sites (tertiary alicyclic amines) is 1. The molecule has 0 aromatic carbocycles. The number of rotatable bonds is 2. The quantitative estimate of drug-likeness (QED) is 0.759. The highest BCUT2D eigenvalue weighted by atomic mass is 16.4. The summed E-state index contributed by atoms with van der Waals surface area (Å²) in [6, 6.07) is 0.310. The van der Waals surface area contributed by atoms with E-state index < -0.39 is 5.97 Å². The van der Waals surface area contributed by atoms with Crippen LogP contribution < -0.4 is 0 Å². The Morgan fingerprint density at radius 1 is 1.40 bits per heavy atom. The molecule has 0 amide bonds. The molecule has 1 saturated carbocycles. The smallest absolute Gasteiger partial charge is 0.308 e. The molecule has 2 aliphatic rings. The van der Waals surface area contributed by atoms with Crippen molar-refractivity contribution in [2.24, 2.45) is 11.3 Å². The molecule has 2 unspecified atom stereocenters. The first-order valence-corrected chi connectivity index (χ1v) is 5.96. The molecule has 1 heterocycles. The summed E-state index contributed by atoms with van der Waals surface area (Å²) in [6.07, 6.45) is 4.23. The van der Waals surface area contributed by atoms with Crippen molar-refractivity contribution < 1.29 is 9.90 Å². The third-order valence-electron chi connectivity index (χ3n) is 3.97. The van der Waals surface area contributed by atoms with Crippen LogP contribution in [0.25, 0.3) is 0 Å². The standard InChI is InChI=1S/C12H21NO2/c1-12(2)6-7-13(8-12)10-5-3-4-9(10)11(14)15/h9-10H,3-8H2,1-2H3,(H,14,15). The molecule has 0 spiro atoms. The zero-order valence-electron chi connectivity index (χ0n) is 9.70. The molecule has 0 aromatic rings. The Bertz CT molecular complexity index is 262. The van der Waals surface area contributed by atoms with E-state index in [1.807, 2.05) is 0 Å². The maximum absolute atomic E-state index is 11.1. The highest BCUT2D eigenvalue weighted by Crippen LogP contribution is 2.37. The summed E-state index contributed by atoms with van der Waals surface area (Å²) in [4.78, 5) is 13.5. The number of aliphatic carboxylic acids is 1. The van der Waals surface area contributed by atoms with Crippen LogP contribution in [0.2, 0.25) is 0 Å². The van der Waals surface area contributed by atoms with Crippen LogP contribution in [-0.2, 0) is 4.79 Å². The summed E-state index contributed by atoms with van der Waals surface area (Å²) >= 11 is 0. The van der Waals surface area contributed by atoms with E-state index in [0.717, 1.165) is 32.4 Å². The van der Waals surface area contributed by atoms with E-state index in [9.17, 15) is 4.79 Å². The predicted octanol–water partition coefficient (Wildman–Crippen LogP) is 1.97. The molecule has 1 aliphatic carbocycles. The highest BCUT2D eigenvalue weighted by Gasteiger charge is 2.41. The van der Waals surface area contributed by atoms with E-state index in [1.54, 1.807) is 0 Å². The van der Waals surface area contributed by atoms with Gasteiger partial charge in [-0.3, -0.25) is 9.69 Å². The maximum Gasteiger partial charge on any atom is 0.308 e.